The highest BCUT2D eigenvalue weighted by Gasteiger charge is 2.35. The topological polar surface area (TPSA) is 80.2 Å². The highest BCUT2D eigenvalue weighted by Crippen LogP contribution is 2.38. The molecule has 1 aliphatic rings. The van der Waals surface area contributed by atoms with E-state index in [0.29, 0.717) is 18.4 Å². The molecule has 0 saturated heterocycles. The van der Waals surface area contributed by atoms with Crippen molar-refractivity contribution in [3.8, 4) is 0 Å². The maximum absolute atomic E-state index is 13.8. The van der Waals surface area contributed by atoms with Crippen molar-refractivity contribution in [1.82, 2.24) is 14.6 Å². The molecule has 1 amide bonds. The van der Waals surface area contributed by atoms with Gasteiger partial charge in [0.1, 0.15) is 16.4 Å². The molecule has 1 aromatic carbocycles. The van der Waals surface area contributed by atoms with Gasteiger partial charge in [-0.1, -0.05) is 18.2 Å². The molecule has 25 heavy (non-hydrogen) atoms. The Morgan fingerprint density at radius 1 is 1.28 bits per heavy atom. The number of nitrogens with zero attached hydrogens (tertiary/aromatic N) is 1. The van der Waals surface area contributed by atoms with Gasteiger partial charge in [-0.05, 0) is 36.5 Å². The molecule has 0 spiro atoms. The molecular weight excluding hydrogens is 345 g/mol. The summed E-state index contributed by atoms with van der Waals surface area (Å²) in [4.78, 5) is 11.8. The summed E-state index contributed by atoms with van der Waals surface area (Å²) in [5.41, 5.74) is 0.889. The molecule has 1 aromatic heterocycles. The molecule has 0 atom stereocenters. The molecule has 1 heterocycles. The van der Waals surface area contributed by atoms with Crippen LogP contribution in [-0.2, 0) is 17.1 Å². The maximum Gasteiger partial charge on any atom is 0.267 e. The zero-order valence-corrected chi connectivity index (χ0v) is 14.8. The Labute approximate surface area is 146 Å². The highest BCUT2D eigenvalue weighted by atomic mass is 32.2. The number of halogens is 1. The van der Waals surface area contributed by atoms with E-state index in [1.807, 2.05) is 0 Å². The van der Waals surface area contributed by atoms with E-state index in [1.54, 1.807) is 25.2 Å². The van der Waals surface area contributed by atoms with Gasteiger partial charge in [-0.3, -0.25) is 4.79 Å². The van der Waals surface area contributed by atoms with Crippen molar-refractivity contribution >= 4 is 15.9 Å². The first-order valence-corrected chi connectivity index (χ1v) is 9.45. The average molecular weight is 365 g/mol. The van der Waals surface area contributed by atoms with Gasteiger partial charge in [0.15, 0.2) is 0 Å². The van der Waals surface area contributed by atoms with Crippen LogP contribution in [0.15, 0.2) is 41.4 Å². The van der Waals surface area contributed by atoms with Crippen LogP contribution in [0.5, 0.6) is 0 Å². The Hall–Kier alpha value is -2.19. The first-order valence-electron chi connectivity index (χ1n) is 7.97. The van der Waals surface area contributed by atoms with Gasteiger partial charge in [0, 0.05) is 26.3 Å². The van der Waals surface area contributed by atoms with Crippen molar-refractivity contribution in [1.29, 1.82) is 0 Å². The molecule has 2 N–H and O–H groups in total. The molecule has 1 saturated carbocycles. The zero-order valence-electron chi connectivity index (χ0n) is 14.0. The van der Waals surface area contributed by atoms with E-state index in [2.05, 4.69) is 10.0 Å². The fourth-order valence-electron chi connectivity index (χ4n) is 3.10. The number of benzene rings is 1. The van der Waals surface area contributed by atoms with Gasteiger partial charge in [0.2, 0.25) is 10.0 Å². The highest BCUT2D eigenvalue weighted by molar-refractivity contribution is 7.89. The molecule has 8 heteroatoms. The lowest BCUT2D eigenvalue weighted by Gasteiger charge is -2.35. The van der Waals surface area contributed by atoms with Crippen molar-refractivity contribution in [2.24, 2.45) is 7.05 Å². The first kappa shape index (κ1) is 17.6. The molecule has 3 rings (SSSR count). The fourth-order valence-corrected chi connectivity index (χ4v) is 4.43. The SMILES string of the molecule is CNC(=O)c1cc(S(=O)(=O)NC2CC(c3ccccc3F)C2)cn1C. The van der Waals surface area contributed by atoms with Crippen molar-refractivity contribution in [2.75, 3.05) is 7.05 Å². The molecule has 6 nitrogen and oxygen atoms in total. The van der Waals surface area contributed by atoms with Gasteiger partial charge < -0.3 is 9.88 Å². The van der Waals surface area contributed by atoms with Crippen LogP contribution in [-0.4, -0.2) is 32.0 Å². The van der Waals surface area contributed by atoms with Crippen molar-refractivity contribution in [3.63, 3.8) is 0 Å². The van der Waals surface area contributed by atoms with Crippen molar-refractivity contribution in [3.05, 3.63) is 53.6 Å². The minimum absolute atomic E-state index is 0.0195. The lowest BCUT2D eigenvalue weighted by atomic mass is 9.76. The molecular formula is C17H20FN3O3S. The van der Waals surface area contributed by atoms with Crippen LogP contribution >= 0.6 is 0 Å². The van der Waals surface area contributed by atoms with Gasteiger partial charge in [-0.25, -0.2) is 17.5 Å². The largest absolute Gasteiger partial charge is 0.354 e. The quantitative estimate of drug-likeness (QED) is 0.847. The fraction of sp³-hybridized carbons (Fsp3) is 0.353. The summed E-state index contributed by atoms with van der Waals surface area (Å²) in [5.74, 6) is -0.592. The van der Waals surface area contributed by atoms with E-state index in [-0.39, 0.29) is 34.3 Å². The Kier molecular flexibility index (Phi) is 4.66. The van der Waals surface area contributed by atoms with E-state index in [9.17, 15) is 17.6 Å². The van der Waals surface area contributed by atoms with Gasteiger partial charge in [-0.15, -0.1) is 0 Å². The number of sulfonamides is 1. The van der Waals surface area contributed by atoms with Crippen LogP contribution in [0.1, 0.15) is 34.8 Å². The summed E-state index contributed by atoms with van der Waals surface area (Å²) >= 11 is 0. The predicted octanol–water partition coefficient (Wildman–Crippen LogP) is 1.75. The lowest BCUT2D eigenvalue weighted by molar-refractivity contribution is 0.0955. The van der Waals surface area contributed by atoms with Gasteiger partial charge in [0.25, 0.3) is 5.91 Å². The van der Waals surface area contributed by atoms with Crippen LogP contribution in [0.4, 0.5) is 4.39 Å². The van der Waals surface area contributed by atoms with Crippen LogP contribution in [0.2, 0.25) is 0 Å². The second kappa shape index (κ2) is 6.61. The Morgan fingerprint density at radius 2 is 1.96 bits per heavy atom. The summed E-state index contributed by atoms with van der Waals surface area (Å²) in [6.45, 7) is 0. The van der Waals surface area contributed by atoms with E-state index in [4.69, 9.17) is 0 Å². The minimum Gasteiger partial charge on any atom is -0.354 e. The number of amides is 1. The smallest absolute Gasteiger partial charge is 0.267 e. The number of rotatable bonds is 5. The monoisotopic (exact) mass is 365 g/mol. The first-order chi connectivity index (χ1) is 11.8. The third-order valence-corrected chi connectivity index (χ3v) is 6.04. The number of aryl methyl sites for hydroxylation is 1. The number of hydrogen-bond acceptors (Lipinski definition) is 3. The van der Waals surface area contributed by atoms with Crippen molar-refractivity contribution in [2.45, 2.75) is 29.7 Å². The van der Waals surface area contributed by atoms with Crippen LogP contribution in [0.3, 0.4) is 0 Å². The molecule has 2 aromatic rings. The molecule has 0 unspecified atom stereocenters. The normalized spacial score (nSPS) is 20.1. The van der Waals surface area contributed by atoms with Gasteiger partial charge in [-0.2, -0.15) is 0 Å². The number of carbonyl (C=O) groups is 1. The van der Waals surface area contributed by atoms with Crippen LogP contribution in [0, 0.1) is 5.82 Å². The zero-order chi connectivity index (χ0) is 18.2. The second-order valence-electron chi connectivity index (χ2n) is 6.26. The molecule has 0 aliphatic heterocycles. The minimum atomic E-state index is -3.72. The summed E-state index contributed by atoms with van der Waals surface area (Å²) in [5, 5.41) is 2.47. The van der Waals surface area contributed by atoms with E-state index < -0.39 is 10.0 Å². The standard InChI is InChI=1S/C17H20FN3O3S/c1-19-17(22)16-9-13(10-21(16)2)25(23,24)20-12-7-11(8-12)14-5-3-4-6-15(14)18/h3-6,9-12,20H,7-8H2,1-2H3,(H,19,22). The molecule has 1 fully saturated rings. The molecule has 0 radical (unpaired) electrons. The third-order valence-electron chi connectivity index (χ3n) is 4.55. The second-order valence-corrected chi connectivity index (χ2v) is 7.97. The number of carbonyl (C=O) groups excluding carboxylic acids is 1. The molecule has 134 valence electrons. The average Bonchev–Trinajstić information content (AvgIpc) is 2.93. The van der Waals surface area contributed by atoms with E-state index in [0.717, 1.165) is 0 Å². The summed E-state index contributed by atoms with van der Waals surface area (Å²) < 4.78 is 42.9. The van der Waals surface area contributed by atoms with Crippen molar-refractivity contribution < 1.29 is 17.6 Å². The lowest BCUT2D eigenvalue weighted by Crippen LogP contribution is -2.43. The molecule has 0 bridgehead atoms. The summed E-state index contributed by atoms with van der Waals surface area (Å²) in [6, 6.07) is 7.67. The predicted molar refractivity (Wildman–Crippen MR) is 91.3 cm³/mol. The van der Waals surface area contributed by atoms with Gasteiger partial charge in [0.05, 0.1) is 0 Å². The Morgan fingerprint density at radius 3 is 2.60 bits per heavy atom. The number of nitrogens with one attached hydrogen (secondary N) is 2. The summed E-state index contributed by atoms with van der Waals surface area (Å²) in [6.07, 6.45) is 2.50. The number of aromatic nitrogens is 1. The molecule has 1 aliphatic carbocycles. The third kappa shape index (κ3) is 3.45. The van der Waals surface area contributed by atoms with Crippen LogP contribution in [0.25, 0.3) is 0 Å². The van der Waals surface area contributed by atoms with E-state index in [1.165, 1.54) is 29.9 Å². The summed E-state index contributed by atoms with van der Waals surface area (Å²) in [7, 11) is -0.627. The van der Waals surface area contributed by atoms with Gasteiger partial charge >= 0.3 is 0 Å². The van der Waals surface area contributed by atoms with Crippen LogP contribution < -0.4 is 10.0 Å². The Bertz CT molecular complexity index is 902. The maximum atomic E-state index is 13.8. The van der Waals surface area contributed by atoms with E-state index >= 15 is 0 Å². The Balaban J connectivity index is 1.68. The number of hydrogen-bond donors (Lipinski definition) is 2.